The molecular weight excluding hydrogens is 257 g/mol. The van der Waals surface area contributed by atoms with Gasteiger partial charge in [0.1, 0.15) is 6.54 Å². The predicted octanol–water partition coefficient (Wildman–Crippen LogP) is 3.30. The van der Waals surface area contributed by atoms with Crippen LogP contribution in [0.4, 0.5) is 18.9 Å². The van der Waals surface area contributed by atoms with Gasteiger partial charge >= 0.3 is 6.18 Å². The third-order valence-electron chi connectivity index (χ3n) is 2.80. The largest absolute Gasteiger partial charge is 0.405 e. The normalized spacial score (nSPS) is 13.7. The van der Waals surface area contributed by atoms with Gasteiger partial charge in [0.15, 0.2) is 0 Å². The molecule has 0 aliphatic carbocycles. The monoisotopic (exact) mass is 276 g/mol. The third-order valence-corrected chi connectivity index (χ3v) is 2.80. The minimum absolute atomic E-state index is 0.287. The molecule has 0 bridgehead atoms. The van der Waals surface area contributed by atoms with Crippen LogP contribution in [0, 0.1) is 0 Å². The summed E-state index contributed by atoms with van der Waals surface area (Å²) in [6.45, 7) is 4.19. The zero-order valence-corrected chi connectivity index (χ0v) is 11.3. The lowest BCUT2D eigenvalue weighted by Gasteiger charge is -2.29. The number of alkyl halides is 3. The Morgan fingerprint density at radius 1 is 1.32 bits per heavy atom. The number of aliphatic hydroxyl groups excluding tert-OH is 1. The van der Waals surface area contributed by atoms with Crippen molar-refractivity contribution in [3.8, 4) is 0 Å². The number of anilines is 1. The topological polar surface area (TPSA) is 36.4 Å². The first-order chi connectivity index (χ1) is 8.74. The van der Waals surface area contributed by atoms with E-state index >= 15 is 0 Å². The Bertz CT molecular complexity index is 390. The maximum Gasteiger partial charge on any atom is 0.405 e. The van der Waals surface area contributed by atoms with E-state index in [4.69, 9.17) is 0 Å². The second-order valence-corrected chi connectivity index (χ2v) is 4.70. The highest BCUT2D eigenvalue weighted by molar-refractivity contribution is 5.45. The van der Waals surface area contributed by atoms with Crippen LogP contribution in [0.2, 0.25) is 0 Å². The van der Waals surface area contributed by atoms with Crippen LogP contribution in [-0.2, 0) is 0 Å². The van der Waals surface area contributed by atoms with Gasteiger partial charge in [0, 0.05) is 6.04 Å². The molecule has 0 aromatic carbocycles. The average Bonchev–Trinajstić information content (AvgIpc) is 2.34. The quantitative estimate of drug-likeness (QED) is 0.896. The summed E-state index contributed by atoms with van der Waals surface area (Å²) in [7, 11) is 0. The van der Waals surface area contributed by atoms with Crippen molar-refractivity contribution in [3.05, 3.63) is 24.0 Å². The van der Waals surface area contributed by atoms with Crippen molar-refractivity contribution in [2.24, 2.45) is 0 Å². The molecule has 6 heteroatoms. The molecule has 1 atom stereocenters. The fourth-order valence-electron chi connectivity index (χ4n) is 1.74. The van der Waals surface area contributed by atoms with Crippen LogP contribution in [0.1, 0.15) is 39.0 Å². The first-order valence-electron chi connectivity index (χ1n) is 6.22. The zero-order chi connectivity index (χ0) is 14.6. The molecule has 108 valence electrons. The van der Waals surface area contributed by atoms with Gasteiger partial charge in [0.2, 0.25) is 0 Å². The average molecular weight is 276 g/mol. The number of hydrogen-bond donors (Lipinski definition) is 1. The molecule has 0 radical (unpaired) electrons. The number of nitrogens with zero attached hydrogens (tertiary/aromatic N) is 2. The van der Waals surface area contributed by atoms with E-state index in [0.717, 1.165) is 0 Å². The Balaban J connectivity index is 2.92. The van der Waals surface area contributed by atoms with Crippen LogP contribution < -0.4 is 4.90 Å². The van der Waals surface area contributed by atoms with Crippen molar-refractivity contribution in [2.75, 3.05) is 11.4 Å². The molecule has 1 N–H and O–H groups in total. The summed E-state index contributed by atoms with van der Waals surface area (Å²) in [6.07, 6.45) is -3.04. The van der Waals surface area contributed by atoms with Gasteiger partial charge in [-0.05, 0) is 32.4 Å². The Labute approximate surface area is 111 Å². The van der Waals surface area contributed by atoms with Gasteiger partial charge in [0.05, 0.1) is 23.7 Å². The highest BCUT2D eigenvalue weighted by Gasteiger charge is 2.32. The fraction of sp³-hybridized carbons (Fsp3) is 0.615. The summed E-state index contributed by atoms with van der Waals surface area (Å²) in [5.74, 6) is 0. The van der Waals surface area contributed by atoms with Crippen molar-refractivity contribution >= 4 is 5.69 Å². The van der Waals surface area contributed by atoms with E-state index in [1.54, 1.807) is 26.0 Å². The van der Waals surface area contributed by atoms with Gasteiger partial charge in [-0.15, -0.1) is 0 Å². The van der Waals surface area contributed by atoms with Gasteiger partial charge in [0.25, 0.3) is 0 Å². The first kappa shape index (κ1) is 15.8. The van der Waals surface area contributed by atoms with E-state index in [0.29, 0.717) is 17.8 Å². The standard InChI is InChI=1S/C13H19F3N2O/c1-4-12(19)11-6-5-10(7-17-11)18(9(2)3)8-13(14,15)16/h5-7,9,12,19H,4,8H2,1-3H3/t12-/m1/s1. The minimum Gasteiger partial charge on any atom is -0.387 e. The fourth-order valence-corrected chi connectivity index (χ4v) is 1.74. The number of rotatable bonds is 5. The molecule has 19 heavy (non-hydrogen) atoms. The highest BCUT2D eigenvalue weighted by atomic mass is 19.4. The summed E-state index contributed by atoms with van der Waals surface area (Å²) in [5, 5.41) is 9.60. The van der Waals surface area contributed by atoms with Gasteiger partial charge < -0.3 is 10.0 Å². The molecule has 1 aromatic heterocycles. The number of halogens is 3. The SMILES string of the molecule is CC[C@@H](O)c1ccc(N(CC(F)(F)F)C(C)C)cn1. The lowest BCUT2D eigenvalue weighted by atomic mass is 10.1. The summed E-state index contributed by atoms with van der Waals surface area (Å²) in [5.41, 5.74) is 0.876. The first-order valence-corrected chi connectivity index (χ1v) is 6.22. The van der Waals surface area contributed by atoms with Crippen LogP contribution in [0.25, 0.3) is 0 Å². The Kier molecular flexibility index (Phi) is 5.17. The smallest absolute Gasteiger partial charge is 0.387 e. The van der Waals surface area contributed by atoms with E-state index < -0.39 is 18.8 Å². The number of aromatic nitrogens is 1. The summed E-state index contributed by atoms with van der Waals surface area (Å²) in [6, 6.07) is 2.84. The van der Waals surface area contributed by atoms with E-state index in [1.165, 1.54) is 11.1 Å². The minimum atomic E-state index is -4.26. The summed E-state index contributed by atoms with van der Waals surface area (Å²) >= 11 is 0. The van der Waals surface area contributed by atoms with E-state index in [9.17, 15) is 18.3 Å². The van der Waals surface area contributed by atoms with Crippen molar-refractivity contribution in [3.63, 3.8) is 0 Å². The molecule has 0 saturated carbocycles. The second-order valence-electron chi connectivity index (χ2n) is 4.70. The molecule has 0 amide bonds. The molecule has 0 fully saturated rings. The Morgan fingerprint density at radius 2 is 1.95 bits per heavy atom. The maximum absolute atomic E-state index is 12.5. The molecule has 1 heterocycles. The molecule has 0 saturated heterocycles. The zero-order valence-electron chi connectivity index (χ0n) is 11.3. The van der Waals surface area contributed by atoms with Gasteiger partial charge in [-0.25, -0.2) is 0 Å². The molecule has 0 aliphatic heterocycles. The van der Waals surface area contributed by atoms with Crippen molar-refractivity contribution in [2.45, 2.75) is 45.5 Å². The van der Waals surface area contributed by atoms with Crippen LogP contribution >= 0.6 is 0 Å². The van der Waals surface area contributed by atoms with Crippen molar-refractivity contribution in [1.29, 1.82) is 0 Å². The van der Waals surface area contributed by atoms with Crippen LogP contribution in [0.5, 0.6) is 0 Å². The molecule has 0 spiro atoms. The molecular formula is C13H19F3N2O. The third kappa shape index (κ3) is 4.70. The summed E-state index contributed by atoms with van der Waals surface area (Å²) in [4.78, 5) is 5.25. The number of pyridine rings is 1. The highest BCUT2D eigenvalue weighted by Crippen LogP contribution is 2.24. The molecule has 1 aromatic rings. The van der Waals surface area contributed by atoms with Gasteiger partial charge in [-0.3, -0.25) is 4.98 Å². The van der Waals surface area contributed by atoms with Crippen molar-refractivity contribution < 1.29 is 18.3 Å². The predicted molar refractivity (Wildman–Crippen MR) is 68.0 cm³/mol. The molecule has 0 aliphatic rings. The van der Waals surface area contributed by atoms with Gasteiger partial charge in [-0.1, -0.05) is 6.92 Å². The second kappa shape index (κ2) is 6.23. The van der Waals surface area contributed by atoms with Crippen LogP contribution in [-0.4, -0.2) is 28.9 Å². The van der Waals surface area contributed by atoms with Crippen molar-refractivity contribution in [1.82, 2.24) is 4.98 Å². The van der Waals surface area contributed by atoms with E-state index in [-0.39, 0.29) is 6.04 Å². The Hall–Kier alpha value is -1.30. The molecule has 1 rings (SSSR count). The van der Waals surface area contributed by atoms with E-state index in [1.807, 2.05) is 6.92 Å². The number of aliphatic hydroxyl groups is 1. The van der Waals surface area contributed by atoms with Crippen LogP contribution in [0.3, 0.4) is 0 Å². The molecule has 0 unspecified atom stereocenters. The van der Waals surface area contributed by atoms with Gasteiger partial charge in [-0.2, -0.15) is 13.2 Å². The van der Waals surface area contributed by atoms with Crippen LogP contribution in [0.15, 0.2) is 18.3 Å². The van der Waals surface area contributed by atoms with E-state index in [2.05, 4.69) is 4.98 Å². The Morgan fingerprint density at radius 3 is 2.32 bits per heavy atom. The maximum atomic E-state index is 12.5. The number of hydrogen-bond acceptors (Lipinski definition) is 3. The lowest BCUT2D eigenvalue weighted by Crippen LogP contribution is -2.39. The lowest BCUT2D eigenvalue weighted by molar-refractivity contribution is -0.120. The molecule has 3 nitrogen and oxygen atoms in total. The summed E-state index contributed by atoms with van der Waals surface area (Å²) < 4.78 is 37.5.